The lowest BCUT2D eigenvalue weighted by molar-refractivity contribution is -0.134. The van der Waals surface area contributed by atoms with E-state index in [1.807, 2.05) is 30.3 Å². The highest BCUT2D eigenvalue weighted by molar-refractivity contribution is 7.90. The zero-order valence-electron chi connectivity index (χ0n) is 18.6. The van der Waals surface area contributed by atoms with Crippen LogP contribution in [0.15, 0.2) is 59.5 Å². The summed E-state index contributed by atoms with van der Waals surface area (Å²) in [7, 11) is -2.30. The molecule has 0 aliphatic heterocycles. The molecule has 0 heterocycles. The van der Waals surface area contributed by atoms with Crippen LogP contribution in [-0.2, 0) is 21.2 Å². The SMILES string of the molecule is Cc1ccccc1S(=O)(=O)NC(=O)N[C@@H](Cc1ccccc1)C(=O)N(C)C1CCCCC1. The smallest absolute Gasteiger partial charge is 0.329 e. The van der Waals surface area contributed by atoms with Gasteiger partial charge in [-0.15, -0.1) is 0 Å². The molecule has 2 aromatic carbocycles. The van der Waals surface area contributed by atoms with Gasteiger partial charge in [0, 0.05) is 19.5 Å². The van der Waals surface area contributed by atoms with E-state index in [4.69, 9.17) is 0 Å². The van der Waals surface area contributed by atoms with Gasteiger partial charge in [-0.1, -0.05) is 67.8 Å². The number of aryl methyl sites for hydroxylation is 1. The first-order chi connectivity index (χ1) is 15.3. The summed E-state index contributed by atoms with van der Waals surface area (Å²) in [6.07, 6.45) is 5.47. The maximum absolute atomic E-state index is 13.3. The van der Waals surface area contributed by atoms with Gasteiger partial charge in [0.25, 0.3) is 10.0 Å². The number of benzene rings is 2. The van der Waals surface area contributed by atoms with Crippen LogP contribution < -0.4 is 10.0 Å². The molecule has 0 unspecified atom stereocenters. The van der Waals surface area contributed by atoms with Crippen molar-refractivity contribution in [1.82, 2.24) is 14.9 Å². The number of sulfonamides is 1. The quantitative estimate of drug-likeness (QED) is 0.666. The molecule has 172 valence electrons. The van der Waals surface area contributed by atoms with E-state index in [-0.39, 0.29) is 23.3 Å². The van der Waals surface area contributed by atoms with E-state index in [0.29, 0.717) is 5.56 Å². The summed E-state index contributed by atoms with van der Waals surface area (Å²) in [5.74, 6) is -0.218. The third-order valence-electron chi connectivity index (χ3n) is 5.97. The number of rotatable bonds is 7. The number of nitrogens with zero attached hydrogens (tertiary/aromatic N) is 1. The van der Waals surface area contributed by atoms with Crippen LogP contribution in [-0.4, -0.2) is 44.4 Å². The molecule has 1 atom stereocenters. The second-order valence-electron chi connectivity index (χ2n) is 8.33. The third-order valence-corrected chi connectivity index (χ3v) is 7.46. The predicted molar refractivity (Wildman–Crippen MR) is 124 cm³/mol. The molecule has 3 rings (SSSR count). The van der Waals surface area contributed by atoms with Crippen molar-refractivity contribution in [3.63, 3.8) is 0 Å². The van der Waals surface area contributed by atoms with Gasteiger partial charge in [0.05, 0.1) is 4.90 Å². The van der Waals surface area contributed by atoms with Crippen molar-refractivity contribution in [2.24, 2.45) is 0 Å². The number of urea groups is 1. The molecular formula is C24H31N3O4S. The van der Waals surface area contributed by atoms with Gasteiger partial charge in [0.1, 0.15) is 6.04 Å². The normalized spacial score (nSPS) is 15.6. The van der Waals surface area contributed by atoms with E-state index in [1.54, 1.807) is 37.1 Å². The number of carbonyl (C=O) groups is 2. The van der Waals surface area contributed by atoms with Gasteiger partial charge in [0.15, 0.2) is 0 Å². The molecular weight excluding hydrogens is 426 g/mol. The Hall–Kier alpha value is -2.87. The van der Waals surface area contributed by atoms with Crippen molar-refractivity contribution in [2.75, 3.05) is 7.05 Å². The first kappa shape index (κ1) is 23.8. The molecule has 2 N–H and O–H groups in total. The van der Waals surface area contributed by atoms with E-state index < -0.39 is 22.1 Å². The van der Waals surface area contributed by atoms with Crippen LogP contribution in [0.25, 0.3) is 0 Å². The number of amides is 3. The van der Waals surface area contributed by atoms with Gasteiger partial charge >= 0.3 is 6.03 Å². The fraction of sp³-hybridized carbons (Fsp3) is 0.417. The Morgan fingerprint density at radius 1 is 1.00 bits per heavy atom. The molecule has 0 saturated heterocycles. The zero-order valence-corrected chi connectivity index (χ0v) is 19.4. The summed E-state index contributed by atoms with van der Waals surface area (Å²) in [6, 6.07) is 14.1. The van der Waals surface area contributed by atoms with Crippen molar-refractivity contribution in [2.45, 2.75) is 62.4 Å². The molecule has 7 nitrogen and oxygen atoms in total. The predicted octanol–water partition coefficient (Wildman–Crippen LogP) is 3.39. The van der Waals surface area contributed by atoms with Gasteiger partial charge in [-0.2, -0.15) is 0 Å². The minimum Gasteiger partial charge on any atom is -0.341 e. The Labute approximate surface area is 190 Å². The van der Waals surface area contributed by atoms with Crippen LogP contribution in [0.2, 0.25) is 0 Å². The second-order valence-corrected chi connectivity index (χ2v) is 9.98. The van der Waals surface area contributed by atoms with E-state index >= 15 is 0 Å². The molecule has 3 amide bonds. The number of carbonyl (C=O) groups excluding carboxylic acids is 2. The van der Waals surface area contributed by atoms with Crippen molar-refractivity contribution in [3.05, 3.63) is 65.7 Å². The van der Waals surface area contributed by atoms with Crippen molar-refractivity contribution in [1.29, 1.82) is 0 Å². The largest absolute Gasteiger partial charge is 0.341 e. The van der Waals surface area contributed by atoms with Gasteiger partial charge in [-0.3, -0.25) is 4.79 Å². The van der Waals surface area contributed by atoms with Crippen molar-refractivity contribution >= 4 is 22.0 Å². The van der Waals surface area contributed by atoms with Crippen molar-refractivity contribution in [3.8, 4) is 0 Å². The lowest BCUT2D eigenvalue weighted by Crippen LogP contribution is -2.54. The molecule has 0 radical (unpaired) electrons. The standard InChI is InChI=1S/C24H31N3O4S/c1-18-11-9-10-16-22(18)32(30,31)26-24(29)25-21(17-19-12-5-3-6-13-19)23(28)27(2)20-14-7-4-8-15-20/h3,5-6,9-13,16,20-21H,4,7-8,14-15,17H2,1-2H3,(H2,25,26,29)/t21-/m0/s1. The second kappa shape index (κ2) is 10.6. The molecule has 2 aromatic rings. The summed E-state index contributed by atoms with van der Waals surface area (Å²) in [4.78, 5) is 27.7. The maximum atomic E-state index is 13.3. The third kappa shape index (κ3) is 6.09. The van der Waals surface area contributed by atoms with Crippen LogP contribution in [0.3, 0.4) is 0 Å². The minimum atomic E-state index is -4.06. The van der Waals surface area contributed by atoms with Crippen molar-refractivity contribution < 1.29 is 18.0 Å². The summed E-state index contributed by atoms with van der Waals surface area (Å²) >= 11 is 0. The fourth-order valence-electron chi connectivity index (χ4n) is 4.17. The van der Waals surface area contributed by atoms with Gasteiger partial charge < -0.3 is 10.2 Å². The van der Waals surface area contributed by atoms with E-state index in [2.05, 4.69) is 10.0 Å². The highest BCUT2D eigenvalue weighted by atomic mass is 32.2. The van der Waals surface area contributed by atoms with E-state index in [1.165, 1.54) is 12.5 Å². The monoisotopic (exact) mass is 457 g/mol. The van der Waals surface area contributed by atoms with Crippen LogP contribution in [0.1, 0.15) is 43.2 Å². The highest BCUT2D eigenvalue weighted by Crippen LogP contribution is 2.22. The fourth-order valence-corrected chi connectivity index (χ4v) is 5.33. The Morgan fingerprint density at radius 3 is 2.28 bits per heavy atom. The van der Waals surface area contributed by atoms with Gasteiger partial charge in [-0.05, 0) is 37.0 Å². The maximum Gasteiger partial charge on any atom is 0.329 e. The minimum absolute atomic E-state index is 0.0282. The molecule has 1 aliphatic carbocycles. The van der Waals surface area contributed by atoms with Gasteiger partial charge in [0.2, 0.25) is 5.91 Å². The zero-order chi connectivity index (χ0) is 23.1. The number of hydrogen-bond acceptors (Lipinski definition) is 4. The summed E-state index contributed by atoms with van der Waals surface area (Å²) in [5, 5.41) is 2.61. The molecule has 0 spiro atoms. The highest BCUT2D eigenvalue weighted by Gasteiger charge is 2.30. The molecule has 0 aromatic heterocycles. The molecule has 8 heteroatoms. The van der Waals surface area contributed by atoms with E-state index in [9.17, 15) is 18.0 Å². The Balaban J connectivity index is 1.76. The lowest BCUT2D eigenvalue weighted by atomic mass is 9.93. The summed E-state index contributed by atoms with van der Waals surface area (Å²) in [5.41, 5.74) is 1.41. The van der Waals surface area contributed by atoms with Crippen LogP contribution in [0.5, 0.6) is 0 Å². The van der Waals surface area contributed by atoms with Crippen LogP contribution >= 0.6 is 0 Å². The van der Waals surface area contributed by atoms with Gasteiger partial charge in [-0.25, -0.2) is 17.9 Å². The molecule has 0 bridgehead atoms. The lowest BCUT2D eigenvalue weighted by Gasteiger charge is -2.34. The Kier molecular flexibility index (Phi) is 7.90. The number of likely N-dealkylation sites (N-methyl/N-ethyl adjacent to an activating group) is 1. The topological polar surface area (TPSA) is 95.6 Å². The Morgan fingerprint density at radius 2 is 1.62 bits per heavy atom. The first-order valence-corrected chi connectivity index (χ1v) is 12.5. The molecule has 1 aliphatic rings. The van der Waals surface area contributed by atoms with E-state index in [0.717, 1.165) is 31.2 Å². The molecule has 32 heavy (non-hydrogen) atoms. The van der Waals surface area contributed by atoms with Crippen LogP contribution in [0.4, 0.5) is 4.79 Å². The summed E-state index contributed by atoms with van der Waals surface area (Å²) < 4.78 is 27.4. The first-order valence-electron chi connectivity index (χ1n) is 11.0. The molecule has 1 fully saturated rings. The average Bonchev–Trinajstić information content (AvgIpc) is 2.78. The van der Waals surface area contributed by atoms with Crippen LogP contribution in [0, 0.1) is 6.92 Å². The number of hydrogen-bond donors (Lipinski definition) is 2. The summed E-state index contributed by atoms with van der Waals surface area (Å²) in [6.45, 7) is 1.66. The average molecular weight is 458 g/mol. The molecule has 1 saturated carbocycles. The number of nitrogens with one attached hydrogen (secondary N) is 2. The Bertz CT molecular complexity index is 1030.